The second-order valence-electron chi connectivity index (χ2n) is 5.53. The summed E-state index contributed by atoms with van der Waals surface area (Å²) in [7, 11) is 1.71. The lowest BCUT2D eigenvalue weighted by Crippen LogP contribution is -2.48. The van der Waals surface area contributed by atoms with Crippen LogP contribution in [0.4, 0.5) is 4.79 Å². The van der Waals surface area contributed by atoms with Gasteiger partial charge in [-0.1, -0.05) is 30.3 Å². The summed E-state index contributed by atoms with van der Waals surface area (Å²) in [6, 6.07) is 9.62. The minimum Gasteiger partial charge on any atom is -0.406 e. The van der Waals surface area contributed by atoms with Crippen LogP contribution in [-0.4, -0.2) is 47.4 Å². The van der Waals surface area contributed by atoms with Crippen LogP contribution in [-0.2, 0) is 4.74 Å². The highest BCUT2D eigenvalue weighted by atomic mass is 16.6. The molecule has 0 saturated carbocycles. The molecule has 0 aliphatic carbocycles. The topological polar surface area (TPSA) is 76.6 Å². The fraction of sp³-hybridized carbons (Fsp3) is 0.353. The number of nitrogens with one attached hydrogen (secondary N) is 1. The SMILES string of the molecule is COC1CCN(NC(=O)Oc2cnc(-c3ccccc3)nc2)CC1. The van der Waals surface area contributed by atoms with E-state index in [1.807, 2.05) is 35.3 Å². The van der Waals surface area contributed by atoms with Gasteiger partial charge < -0.3 is 9.47 Å². The molecule has 0 spiro atoms. The molecule has 24 heavy (non-hydrogen) atoms. The van der Waals surface area contributed by atoms with E-state index in [4.69, 9.17) is 9.47 Å². The van der Waals surface area contributed by atoms with E-state index in [0.29, 0.717) is 11.6 Å². The van der Waals surface area contributed by atoms with E-state index in [-0.39, 0.29) is 6.10 Å². The number of amides is 1. The predicted molar refractivity (Wildman–Crippen MR) is 88.2 cm³/mol. The Labute approximate surface area is 140 Å². The van der Waals surface area contributed by atoms with Gasteiger partial charge in [-0.05, 0) is 12.8 Å². The Bertz CT molecular complexity index is 655. The average Bonchev–Trinajstić information content (AvgIpc) is 2.64. The predicted octanol–water partition coefficient (Wildman–Crippen LogP) is 2.26. The Balaban J connectivity index is 1.52. The number of hydrogen-bond acceptors (Lipinski definition) is 6. The molecule has 0 radical (unpaired) electrons. The van der Waals surface area contributed by atoms with Crippen molar-refractivity contribution in [1.82, 2.24) is 20.4 Å². The van der Waals surface area contributed by atoms with Gasteiger partial charge in [-0.3, -0.25) is 5.43 Å². The second-order valence-corrected chi connectivity index (χ2v) is 5.53. The Morgan fingerprint density at radius 1 is 1.17 bits per heavy atom. The van der Waals surface area contributed by atoms with Crippen LogP contribution < -0.4 is 10.2 Å². The van der Waals surface area contributed by atoms with Crippen molar-refractivity contribution < 1.29 is 14.3 Å². The minimum atomic E-state index is -0.540. The van der Waals surface area contributed by atoms with Crippen LogP contribution >= 0.6 is 0 Å². The normalized spacial score (nSPS) is 15.9. The summed E-state index contributed by atoms with van der Waals surface area (Å²) in [6.07, 6.45) is 4.47. The molecule has 0 unspecified atom stereocenters. The molecule has 1 aliphatic heterocycles. The summed E-state index contributed by atoms with van der Waals surface area (Å²) >= 11 is 0. The van der Waals surface area contributed by atoms with Gasteiger partial charge in [-0.2, -0.15) is 0 Å². The molecule has 7 heteroatoms. The standard InChI is InChI=1S/C17H20N4O3/c1-23-14-7-9-21(10-8-14)20-17(22)24-15-11-18-16(19-12-15)13-5-3-2-4-6-13/h2-6,11-12,14H,7-10H2,1H3,(H,20,22). The first-order chi connectivity index (χ1) is 11.7. The van der Waals surface area contributed by atoms with Crippen LogP contribution in [0.3, 0.4) is 0 Å². The number of methoxy groups -OCH3 is 1. The van der Waals surface area contributed by atoms with Crippen molar-refractivity contribution in [2.75, 3.05) is 20.2 Å². The molecule has 2 heterocycles. The fourth-order valence-corrected chi connectivity index (χ4v) is 2.57. The smallest absolute Gasteiger partial charge is 0.406 e. The molecule has 1 fully saturated rings. The van der Waals surface area contributed by atoms with E-state index in [0.717, 1.165) is 31.5 Å². The summed E-state index contributed by atoms with van der Waals surface area (Å²) in [5.74, 6) is 0.893. The summed E-state index contributed by atoms with van der Waals surface area (Å²) in [5.41, 5.74) is 3.63. The highest BCUT2D eigenvalue weighted by Gasteiger charge is 2.20. The van der Waals surface area contributed by atoms with Crippen LogP contribution in [0.2, 0.25) is 0 Å². The van der Waals surface area contributed by atoms with E-state index < -0.39 is 6.09 Å². The molecule has 7 nitrogen and oxygen atoms in total. The zero-order valence-electron chi connectivity index (χ0n) is 13.5. The molecule has 0 bridgehead atoms. The Morgan fingerprint density at radius 3 is 2.46 bits per heavy atom. The van der Waals surface area contributed by atoms with Crippen molar-refractivity contribution in [2.24, 2.45) is 0 Å². The fourth-order valence-electron chi connectivity index (χ4n) is 2.57. The summed E-state index contributed by atoms with van der Waals surface area (Å²) in [6.45, 7) is 1.47. The number of ether oxygens (including phenoxy) is 2. The van der Waals surface area contributed by atoms with Gasteiger partial charge in [-0.25, -0.2) is 19.8 Å². The molecule has 1 N–H and O–H groups in total. The molecule has 1 saturated heterocycles. The Hall–Kier alpha value is -2.51. The van der Waals surface area contributed by atoms with E-state index in [1.165, 1.54) is 12.4 Å². The van der Waals surface area contributed by atoms with Gasteiger partial charge in [0.2, 0.25) is 0 Å². The molecular weight excluding hydrogens is 308 g/mol. The van der Waals surface area contributed by atoms with E-state index in [9.17, 15) is 4.79 Å². The van der Waals surface area contributed by atoms with Gasteiger partial charge in [0.05, 0.1) is 18.5 Å². The van der Waals surface area contributed by atoms with Gasteiger partial charge in [0, 0.05) is 25.8 Å². The van der Waals surface area contributed by atoms with Crippen molar-refractivity contribution in [3.8, 4) is 17.1 Å². The first-order valence-corrected chi connectivity index (χ1v) is 7.88. The summed E-state index contributed by atoms with van der Waals surface area (Å²) < 4.78 is 10.5. The van der Waals surface area contributed by atoms with Crippen LogP contribution in [0.5, 0.6) is 5.75 Å². The molecule has 1 amide bonds. The zero-order valence-corrected chi connectivity index (χ0v) is 13.5. The molecule has 1 aliphatic rings. The number of carbonyl (C=O) groups is 1. The number of hydrogen-bond donors (Lipinski definition) is 1. The number of rotatable bonds is 4. The van der Waals surface area contributed by atoms with Gasteiger partial charge >= 0.3 is 6.09 Å². The van der Waals surface area contributed by atoms with Crippen molar-refractivity contribution in [3.63, 3.8) is 0 Å². The van der Waals surface area contributed by atoms with Crippen LogP contribution in [0.25, 0.3) is 11.4 Å². The maximum Gasteiger partial charge on any atom is 0.427 e. The molecule has 3 rings (SSSR count). The number of piperidine rings is 1. The van der Waals surface area contributed by atoms with Crippen LogP contribution in [0.15, 0.2) is 42.7 Å². The molecule has 1 aromatic carbocycles. The van der Waals surface area contributed by atoms with Crippen molar-refractivity contribution in [1.29, 1.82) is 0 Å². The van der Waals surface area contributed by atoms with E-state index in [1.54, 1.807) is 7.11 Å². The molecular formula is C17H20N4O3. The Kier molecular flexibility index (Phi) is 5.35. The summed E-state index contributed by atoms with van der Waals surface area (Å²) in [5, 5.41) is 1.83. The zero-order chi connectivity index (χ0) is 16.8. The molecule has 1 aromatic heterocycles. The van der Waals surface area contributed by atoms with Crippen LogP contribution in [0, 0.1) is 0 Å². The van der Waals surface area contributed by atoms with E-state index in [2.05, 4.69) is 15.4 Å². The van der Waals surface area contributed by atoms with Gasteiger partial charge in [0.25, 0.3) is 0 Å². The molecule has 0 atom stereocenters. The molecule has 126 valence electrons. The quantitative estimate of drug-likeness (QED) is 0.928. The average molecular weight is 328 g/mol. The van der Waals surface area contributed by atoms with Crippen molar-refractivity contribution >= 4 is 6.09 Å². The monoisotopic (exact) mass is 328 g/mol. The van der Waals surface area contributed by atoms with Crippen molar-refractivity contribution in [2.45, 2.75) is 18.9 Å². The van der Waals surface area contributed by atoms with Crippen molar-refractivity contribution in [3.05, 3.63) is 42.7 Å². The Morgan fingerprint density at radius 2 is 1.83 bits per heavy atom. The maximum absolute atomic E-state index is 11.9. The molecule has 2 aromatic rings. The first-order valence-electron chi connectivity index (χ1n) is 7.88. The largest absolute Gasteiger partial charge is 0.427 e. The third kappa shape index (κ3) is 4.27. The lowest BCUT2D eigenvalue weighted by molar-refractivity contribution is 0.0256. The first kappa shape index (κ1) is 16.4. The van der Waals surface area contributed by atoms with Crippen LogP contribution in [0.1, 0.15) is 12.8 Å². The van der Waals surface area contributed by atoms with Gasteiger partial charge in [0.1, 0.15) is 0 Å². The second kappa shape index (κ2) is 7.85. The maximum atomic E-state index is 11.9. The van der Waals surface area contributed by atoms with Gasteiger partial charge in [0.15, 0.2) is 11.6 Å². The van der Waals surface area contributed by atoms with E-state index >= 15 is 0 Å². The summed E-state index contributed by atoms with van der Waals surface area (Å²) in [4.78, 5) is 20.4. The lowest BCUT2D eigenvalue weighted by Gasteiger charge is -2.30. The minimum absolute atomic E-state index is 0.262. The number of aromatic nitrogens is 2. The van der Waals surface area contributed by atoms with Gasteiger partial charge in [-0.15, -0.1) is 0 Å². The third-order valence-electron chi connectivity index (χ3n) is 3.90. The highest BCUT2D eigenvalue weighted by Crippen LogP contribution is 2.16. The number of carbonyl (C=O) groups excluding carboxylic acids is 1. The highest BCUT2D eigenvalue weighted by molar-refractivity contribution is 5.69. The lowest BCUT2D eigenvalue weighted by atomic mass is 10.1. The number of nitrogens with zero attached hydrogens (tertiary/aromatic N) is 3. The third-order valence-corrected chi connectivity index (χ3v) is 3.90. The number of hydrazine groups is 1. The number of benzene rings is 1.